The van der Waals surface area contributed by atoms with Crippen LogP contribution >= 0.6 is 15.9 Å². The van der Waals surface area contributed by atoms with E-state index in [4.69, 9.17) is 5.73 Å². The number of benzene rings is 2. The number of nitrogens with two attached hydrogens (primary N) is 1. The molecule has 0 fully saturated rings. The molecule has 2 aromatic rings. The average Bonchev–Trinajstić information content (AvgIpc) is 2.32. The molecule has 16 heavy (non-hydrogen) atoms. The van der Waals surface area contributed by atoms with Crippen molar-refractivity contribution in [1.82, 2.24) is 0 Å². The molecule has 0 aliphatic carbocycles. The lowest BCUT2D eigenvalue weighted by Crippen LogP contribution is -2.12. The summed E-state index contributed by atoms with van der Waals surface area (Å²) in [7, 11) is 0. The van der Waals surface area contributed by atoms with Gasteiger partial charge in [-0.2, -0.15) is 0 Å². The van der Waals surface area contributed by atoms with Crippen LogP contribution < -0.4 is 5.73 Å². The van der Waals surface area contributed by atoms with Gasteiger partial charge >= 0.3 is 0 Å². The second-order valence-electron chi connectivity index (χ2n) is 3.55. The molecule has 3 heteroatoms. The maximum Gasteiger partial charge on any atom is 0.123 e. The Bertz CT molecular complexity index is 485. The van der Waals surface area contributed by atoms with Crippen molar-refractivity contribution in [3.8, 4) is 0 Å². The number of hydrogen-bond acceptors (Lipinski definition) is 1. The summed E-state index contributed by atoms with van der Waals surface area (Å²) in [5, 5.41) is 0. The molecule has 82 valence electrons. The van der Waals surface area contributed by atoms with E-state index in [9.17, 15) is 4.39 Å². The summed E-state index contributed by atoms with van der Waals surface area (Å²) in [5.74, 6) is -0.274. The highest BCUT2D eigenvalue weighted by Gasteiger charge is 2.12. The Morgan fingerprint density at radius 3 is 2.44 bits per heavy atom. The van der Waals surface area contributed by atoms with Gasteiger partial charge in [-0.3, -0.25) is 0 Å². The smallest absolute Gasteiger partial charge is 0.123 e. The Kier molecular flexibility index (Phi) is 3.36. The molecule has 0 spiro atoms. The minimum Gasteiger partial charge on any atom is -0.320 e. The Balaban J connectivity index is 2.41. The van der Waals surface area contributed by atoms with E-state index in [1.54, 1.807) is 6.07 Å². The first-order valence-corrected chi connectivity index (χ1v) is 5.73. The van der Waals surface area contributed by atoms with Crippen molar-refractivity contribution in [1.29, 1.82) is 0 Å². The maximum atomic E-state index is 13.1. The zero-order valence-electron chi connectivity index (χ0n) is 8.53. The summed E-state index contributed by atoms with van der Waals surface area (Å²) in [6, 6.07) is 13.9. The first-order chi connectivity index (χ1) is 7.68. The van der Waals surface area contributed by atoms with Crippen LogP contribution in [0.2, 0.25) is 0 Å². The predicted molar refractivity (Wildman–Crippen MR) is 66.6 cm³/mol. The summed E-state index contributed by atoms with van der Waals surface area (Å²) in [4.78, 5) is 0. The second kappa shape index (κ2) is 4.76. The molecule has 0 saturated carbocycles. The van der Waals surface area contributed by atoms with Crippen LogP contribution in [-0.4, -0.2) is 0 Å². The lowest BCUT2D eigenvalue weighted by molar-refractivity contribution is 0.623. The molecule has 1 unspecified atom stereocenters. The van der Waals surface area contributed by atoms with Gasteiger partial charge in [0, 0.05) is 4.47 Å². The van der Waals surface area contributed by atoms with Gasteiger partial charge in [-0.1, -0.05) is 46.3 Å². The van der Waals surface area contributed by atoms with Gasteiger partial charge in [-0.05, 0) is 29.3 Å². The average molecular weight is 280 g/mol. The van der Waals surface area contributed by atoms with Gasteiger partial charge in [0.25, 0.3) is 0 Å². The van der Waals surface area contributed by atoms with E-state index in [1.807, 2.05) is 30.3 Å². The fourth-order valence-corrected chi connectivity index (χ4v) is 2.09. The summed E-state index contributed by atoms with van der Waals surface area (Å²) in [6.07, 6.45) is 0. The SMILES string of the molecule is NC(c1ccccc1)c1cc(F)ccc1Br. The molecule has 0 bridgehead atoms. The van der Waals surface area contributed by atoms with Gasteiger partial charge in [0.1, 0.15) is 5.82 Å². The first kappa shape index (κ1) is 11.3. The van der Waals surface area contributed by atoms with Crippen molar-refractivity contribution >= 4 is 15.9 Å². The van der Waals surface area contributed by atoms with Crippen LogP contribution in [-0.2, 0) is 0 Å². The third-order valence-corrected chi connectivity index (χ3v) is 3.17. The van der Waals surface area contributed by atoms with Gasteiger partial charge in [0.05, 0.1) is 6.04 Å². The molecule has 0 radical (unpaired) electrons. The molecule has 2 rings (SSSR count). The molecule has 0 amide bonds. The van der Waals surface area contributed by atoms with Gasteiger partial charge in [-0.15, -0.1) is 0 Å². The largest absolute Gasteiger partial charge is 0.320 e. The third kappa shape index (κ3) is 2.31. The molecule has 0 heterocycles. The topological polar surface area (TPSA) is 26.0 Å². The van der Waals surface area contributed by atoms with E-state index in [0.29, 0.717) is 0 Å². The summed E-state index contributed by atoms with van der Waals surface area (Å²) in [6.45, 7) is 0. The molecule has 2 aromatic carbocycles. The highest BCUT2D eigenvalue weighted by atomic mass is 79.9. The number of rotatable bonds is 2. The Labute approximate surface area is 102 Å². The zero-order chi connectivity index (χ0) is 11.5. The van der Waals surface area contributed by atoms with Crippen molar-refractivity contribution < 1.29 is 4.39 Å². The number of halogens is 2. The minimum absolute atomic E-state index is 0.274. The lowest BCUT2D eigenvalue weighted by Gasteiger charge is -2.14. The van der Waals surface area contributed by atoms with Crippen LogP contribution in [0.1, 0.15) is 17.2 Å². The van der Waals surface area contributed by atoms with E-state index in [-0.39, 0.29) is 11.9 Å². The van der Waals surface area contributed by atoms with Crippen molar-refractivity contribution in [3.63, 3.8) is 0 Å². The van der Waals surface area contributed by atoms with Gasteiger partial charge in [0.15, 0.2) is 0 Å². The van der Waals surface area contributed by atoms with E-state index >= 15 is 0 Å². The lowest BCUT2D eigenvalue weighted by atomic mass is 10.00. The Hall–Kier alpha value is -1.19. The standard InChI is InChI=1S/C13H11BrFN/c14-12-7-6-10(15)8-11(12)13(16)9-4-2-1-3-5-9/h1-8,13H,16H2. The van der Waals surface area contributed by atoms with Gasteiger partial charge in [-0.25, -0.2) is 4.39 Å². The second-order valence-corrected chi connectivity index (χ2v) is 4.41. The number of hydrogen-bond donors (Lipinski definition) is 1. The van der Waals surface area contributed by atoms with E-state index in [1.165, 1.54) is 12.1 Å². The van der Waals surface area contributed by atoms with Crippen LogP contribution in [0.3, 0.4) is 0 Å². The van der Waals surface area contributed by atoms with E-state index in [2.05, 4.69) is 15.9 Å². The van der Waals surface area contributed by atoms with E-state index < -0.39 is 0 Å². The van der Waals surface area contributed by atoms with E-state index in [0.717, 1.165) is 15.6 Å². The molecule has 0 saturated heterocycles. The monoisotopic (exact) mass is 279 g/mol. The van der Waals surface area contributed by atoms with Crippen LogP contribution in [0.5, 0.6) is 0 Å². The predicted octanol–water partition coefficient (Wildman–Crippen LogP) is 3.64. The molecule has 2 N–H and O–H groups in total. The van der Waals surface area contributed by atoms with Crippen molar-refractivity contribution in [2.45, 2.75) is 6.04 Å². The third-order valence-electron chi connectivity index (χ3n) is 2.45. The van der Waals surface area contributed by atoms with Crippen molar-refractivity contribution in [2.24, 2.45) is 5.73 Å². The summed E-state index contributed by atoms with van der Waals surface area (Å²) in [5.41, 5.74) is 7.81. The van der Waals surface area contributed by atoms with Gasteiger partial charge in [0.2, 0.25) is 0 Å². The Morgan fingerprint density at radius 1 is 1.06 bits per heavy atom. The fourth-order valence-electron chi connectivity index (χ4n) is 1.59. The molecule has 1 nitrogen and oxygen atoms in total. The molecule has 1 atom stereocenters. The normalized spacial score (nSPS) is 12.4. The maximum absolute atomic E-state index is 13.1. The minimum atomic E-state index is -0.314. The summed E-state index contributed by atoms with van der Waals surface area (Å²) < 4.78 is 14.0. The molecular weight excluding hydrogens is 269 g/mol. The Morgan fingerprint density at radius 2 is 1.75 bits per heavy atom. The molecular formula is C13H11BrFN. The van der Waals surface area contributed by atoms with Crippen LogP contribution in [0.25, 0.3) is 0 Å². The first-order valence-electron chi connectivity index (χ1n) is 4.94. The van der Waals surface area contributed by atoms with Crippen LogP contribution in [0.15, 0.2) is 53.0 Å². The fraction of sp³-hybridized carbons (Fsp3) is 0.0769. The quantitative estimate of drug-likeness (QED) is 0.893. The highest BCUT2D eigenvalue weighted by molar-refractivity contribution is 9.10. The van der Waals surface area contributed by atoms with Gasteiger partial charge < -0.3 is 5.73 Å². The molecule has 0 aromatic heterocycles. The van der Waals surface area contributed by atoms with Crippen LogP contribution in [0.4, 0.5) is 4.39 Å². The molecule has 0 aliphatic rings. The zero-order valence-corrected chi connectivity index (χ0v) is 10.1. The van der Waals surface area contributed by atoms with Crippen molar-refractivity contribution in [2.75, 3.05) is 0 Å². The van der Waals surface area contributed by atoms with Crippen LogP contribution in [0, 0.1) is 5.82 Å². The molecule has 0 aliphatic heterocycles. The summed E-state index contributed by atoms with van der Waals surface area (Å²) >= 11 is 3.38. The van der Waals surface area contributed by atoms with Crippen molar-refractivity contribution in [3.05, 3.63) is 69.9 Å². The highest BCUT2D eigenvalue weighted by Crippen LogP contribution is 2.27.